The van der Waals surface area contributed by atoms with Gasteiger partial charge in [-0.2, -0.15) is 8.42 Å². The second-order valence-electron chi connectivity index (χ2n) is 1.25. The minimum Gasteiger partial charge on any atom is -1.00 e. The molecule has 0 unspecified atom stereocenters. The van der Waals surface area contributed by atoms with Gasteiger partial charge < -0.3 is 1.43 Å². The predicted molar refractivity (Wildman–Crippen MR) is 32.2 cm³/mol. The first-order chi connectivity index (χ1) is 3.62. The number of hydrogen-bond acceptors (Lipinski definition) is 3. The van der Waals surface area contributed by atoms with Crippen LogP contribution in [0.4, 0.5) is 0 Å². The Bertz CT molecular complexity index is 145. The fraction of sp³-hybridized carbons (Fsp3) is 1.00. The monoisotopic (exact) mass is 162 g/mol. The zero-order valence-electron chi connectivity index (χ0n) is 7.05. The number of rotatable bonds is 3. The maximum Gasteiger partial charge on any atom is 1.00 e. The Morgan fingerprint density at radius 1 is 1.44 bits per heavy atom. The van der Waals surface area contributed by atoms with E-state index in [1.54, 1.807) is 13.8 Å². The van der Waals surface area contributed by atoms with Crippen molar-refractivity contribution in [3.8, 4) is 0 Å². The van der Waals surface area contributed by atoms with Gasteiger partial charge in [-0.1, -0.05) is 0 Å². The van der Waals surface area contributed by atoms with Gasteiger partial charge in [0.1, 0.15) is 0 Å². The quantitative estimate of drug-likeness (QED) is 0.340. The summed E-state index contributed by atoms with van der Waals surface area (Å²) in [7, 11) is -3.17. The Morgan fingerprint density at radius 2 is 1.89 bits per heavy atom. The Labute approximate surface area is 79.7 Å². The van der Waals surface area contributed by atoms with Crippen molar-refractivity contribution in [3.05, 3.63) is 0 Å². The van der Waals surface area contributed by atoms with Crippen molar-refractivity contribution in [3.63, 3.8) is 0 Å². The maximum atomic E-state index is 10.4. The van der Waals surface area contributed by atoms with Gasteiger partial charge >= 0.3 is 29.6 Å². The first-order valence-electron chi connectivity index (χ1n) is 2.49. The molecule has 0 fully saturated rings. The molecule has 0 aliphatic rings. The Balaban J connectivity index is -0.000000245. The van der Waals surface area contributed by atoms with Crippen LogP contribution in [0.5, 0.6) is 0 Å². The zero-order chi connectivity index (χ0) is 6.62. The van der Waals surface area contributed by atoms with Gasteiger partial charge in [-0.15, -0.1) is 0 Å². The standard InChI is InChI=1S/C4H10O3S.Na.H/c1-3-7-8(5,6)4-2;;/h3-4H2,1-2H3;;/q;+1;-1. The molecule has 0 heterocycles. The SMILES string of the molecule is CCOS(=O)(=O)CC.[H-].[Na+]. The van der Waals surface area contributed by atoms with Crippen molar-refractivity contribution in [2.24, 2.45) is 0 Å². The average molecular weight is 162 g/mol. The van der Waals surface area contributed by atoms with E-state index >= 15 is 0 Å². The molecule has 0 atom stereocenters. The third kappa shape index (κ3) is 6.80. The van der Waals surface area contributed by atoms with E-state index in [1.165, 1.54) is 0 Å². The zero-order valence-corrected chi connectivity index (χ0v) is 8.86. The van der Waals surface area contributed by atoms with Gasteiger partial charge in [0.25, 0.3) is 10.1 Å². The molecule has 5 heteroatoms. The fourth-order valence-corrected chi connectivity index (χ4v) is 0.789. The van der Waals surface area contributed by atoms with Crippen molar-refractivity contribution in [1.82, 2.24) is 0 Å². The van der Waals surface area contributed by atoms with Crippen LogP contribution in [-0.2, 0) is 14.3 Å². The van der Waals surface area contributed by atoms with Crippen LogP contribution in [0.3, 0.4) is 0 Å². The van der Waals surface area contributed by atoms with E-state index in [4.69, 9.17) is 0 Å². The largest absolute Gasteiger partial charge is 1.00 e. The molecule has 0 aromatic heterocycles. The van der Waals surface area contributed by atoms with E-state index < -0.39 is 10.1 Å². The van der Waals surface area contributed by atoms with E-state index in [0.29, 0.717) is 0 Å². The van der Waals surface area contributed by atoms with E-state index in [1.807, 2.05) is 0 Å². The molecule has 3 nitrogen and oxygen atoms in total. The molecule has 0 saturated heterocycles. The van der Waals surface area contributed by atoms with Crippen LogP contribution in [0, 0.1) is 0 Å². The molecule has 0 saturated carbocycles. The van der Waals surface area contributed by atoms with Crippen molar-refractivity contribution in [2.75, 3.05) is 12.4 Å². The van der Waals surface area contributed by atoms with Crippen molar-refractivity contribution in [1.29, 1.82) is 0 Å². The van der Waals surface area contributed by atoms with Crippen LogP contribution in [-0.4, -0.2) is 20.8 Å². The smallest absolute Gasteiger partial charge is 1.00 e. The summed E-state index contributed by atoms with van der Waals surface area (Å²) in [5, 5.41) is 0. The van der Waals surface area contributed by atoms with Gasteiger partial charge in [-0.3, -0.25) is 4.18 Å². The van der Waals surface area contributed by atoms with Crippen molar-refractivity contribution in [2.45, 2.75) is 13.8 Å². The third-order valence-electron chi connectivity index (χ3n) is 0.651. The van der Waals surface area contributed by atoms with Gasteiger partial charge in [0.2, 0.25) is 0 Å². The minimum atomic E-state index is -3.17. The number of hydrogen-bond donors (Lipinski definition) is 0. The van der Waals surface area contributed by atoms with Crippen LogP contribution < -0.4 is 29.6 Å². The summed E-state index contributed by atoms with van der Waals surface area (Å²) in [6, 6.07) is 0. The molecule has 0 aromatic carbocycles. The summed E-state index contributed by atoms with van der Waals surface area (Å²) in [6.07, 6.45) is 0. The topological polar surface area (TPSA) is 43.4 Å². The molecule has 0 amide bonds. The second kappa shape index (κ2) is 5.68. The molecule has 9 heavy (non-hydrogen) atoms. The Kier molecular flexibility index (Phi) is 7.93. The van der Waals surface area contributed by atoms with E-state index in [2.05, 4.69) is 4.18 Å². The minimum absolute atomic E-state index is 0. The summed E-state index contributed by atoms with van der Waals surface area (Å²) >= 11 is 0. The maximum absolute atomic E-state index is 10.4. The van der Waals surface area contributed by atoms with Gasteiger partial charge in [0.15, 0.2) is 0 Å². The van der Waals surface area contributed by atoms with Gasteiger partial charge in [-0.05, 0) is 13.8 Å². The molecule has 0 aromatic rings. The summed E-state index contributed by atoms with van der Waals surface area (Å²) < 4.78 is 25.1. The van der Waals surface area contributed by atoms with Gasteiger partial charge in [0, 0.05) is 0 Å². The molecule has 0 bridgehead atoms. The van der Waals surface area contributed by atoms with E-state index in [-0.39, 0.29) is 43.3 Å². The van der Waals surface area contributed by atoms with Gasteiger partial charge in [-0.25, -0.2) is 0 Å². The molecule has 0 N–H and O–H groups in total. The molecular weight excluding hydrogens is 151 g/mol. The van der Waals surface area contributed by atoms with Crippen LogP contribution in [0.25, 0.3) is 0 Å². The molecular formula is C4H11NaO3S. The van der Waals surface area contributed by atoms with Crippen LogP contribution in [0.2, 0.25) is 0 Å². The first kappa shape index (κ1) is 12.6. The normalized spacial score (nSPS) is 10.4. The van der Waals surface area contributed by atoms with E-state index in [0.717, 1.165) is 0 Å². The molecule has 0 aliphatic heterocycles. The first-order valence-corrected chi connectivity index (χ1v) is 4.07. The van der Waals surface area contributed by atoms with Gasteiger partial charge in [0.05, 0.1) is 12.4 Å². The molecule has 0 radical (unpaired) electrons. The van der Waals surface area contributed by atoms with Crippen LogP contribution >= 0.6 is 0 Å². The molecule has 52 valence electrons. The predicted octanol–water partition coefficient (Wildman–Crippen LogP) is -2.51. The van der Waals surface area contributed by atoms with Crippen molar-refractivity contribution >= 4 is 10.1 Å². The second-order valence-corrected chi connectivity index (χ2v) is 3.18. The third-order valence-corrected chi connectivity index (χ3v) is 1.95. The summed E-state index contributed by atoms with van der Waals surface area (Å²) in [5.41, 5.74) is 0. The summed E-state index contributed by atoms with van der Waals surface area (Å²) in [6.45, 7) is 3.42. The molecule has 0 rings (SSSR count). The molecule has 0 spiro atoms. The average Bonchev–Trinajstić information content (AvgIpc) is 1.67. The Morgan fingerprint density at radius 3 is 2.00 bits per heavy atom. The summed E-state index contributed by atoms with van der Waals surface area (Å²) in [4.78, 5) is 0. The van der Waals surface area contributed by atoms with Crippen LogP contribution in [0.1, 0.15) is 15.3 Å². The van der Waals surface area contributed by atoms with E-state index in [9.17, 15) is 8.42 Å². The molecule has 0 aliphatic carbocycles. The fourth-order valence-electron chi connectivity index (χ4n) is 0.263. The van der Waals surface area contributed by atoms with Crippen molar-refractivity contribution < 1.29 is 43.6 Å². The van der Waals surface area contributed by atoms with Crippen LogP contribution in [0.15, 0.2) is 0 Å². The Hall–Kier alpha value is 0.910. The summed E-state index contributed by atoms with van der Waals surface area (Å²) in [5.74, 6) is 0.0564.